The van der Waals surface area contributed by atoms with Crippen molar-refractivity contribution in [2.75, 3.05) is 11.9 Å². The van der Waals surface area contributed by atoms with Crippen molar-refractivity contribution in [2.24, 2.45) is 0 Å². The summed E-state index contributed by atoms with van der Waals surface area (Å²) in [5, 5.41) is 2.42. The van der Waals surface area contributed by atoms with Gasteiger partial charge in [0.1, 0.15) is 5.82 Å². The summed E-state index contributed by atoms with van der Waals surface area (Å²) in [6.07, 6.45) is 3.33. The maximum Gasteiger partial charge on any atom is 0.317 e. The fourth-order valence-corrected chi connectivity index (χ4v) is 3.36. The lowest BCUT2D eigenvalue weighted by Gasteiger charge is -2.27. The minimum atomic E-state index is -0.681. The van der Waals surface area contributed by atoms with Crippen LogP contribution in [0.3, 0.4) is 0 Å². The highest BCUT2D eigenvalue weighted by Gasteiger charge is 2.44. The molecular weight excluding hydrogens is 321 g/mol. The van der Waals surface area contributed by atoms with Gasteiger partial charge in [-0.1, -0.05) is 55.3 Å². The third-order valence-corrected chi connectivity index (χ3v) is 4.66. The molecule has 1 aliphatic carbocycles. The SMILES string of the molecule is O=C(COC(=O)C1(c2ccccc2)CCCC1)Nc1ccccc1F. The molecule has 25 heavy (non-hydrogen) atoms. The molecule has 0 bridgehead atoms. The summed E-state index contributed by atoms with van der Waals surface area (Å²) >= 11 is 0. The highest BCUT2D eigenvalue weighted by Crippen LogP contribution is 2.42. The molecule has 0 atom stereocenters. The number of amides is 1. The van der Waals surface area contributed by atoms with Gasteiger partial charge in [-0.2, -0.15) is 0 Å². The van der Waals surface area contributed by atoms with Crippen LogP contribution in [0, 0.1) is 5.82 Å². The number of ether oxygens (including phenoxy) is 1. The zero-order chi connectivity index (χ0) is 17.7. The fourth-order valence-electron chi connectivity index (χ4n) is 3.36. The second-order valence-corrected chi connectivity index (χ2v) is 6.26. The zero-order valence-electron chi connectivity index (χ0n) is 13.8. The van der Waals surface area contributed by atoms with Gasteiger partial charge in [0.15, 0.2) is 6.61 Å². The van der Waals surface area contributed by atoms with E-state index >= 15 is 0 Å². The quantitative estimate of drug-likeness (QED) is 0.841. The number of carbonyl (C=O) groups excluding carboxylic acids is 2. The molecule has 4 nitrogen and oxygen atoms in total. The van der Waals surface area contributed by atoms with E-state index < -0.39 is 23.7 Å². The van der Waals surface area contributed by atoms with Crippen molar-refractivity contribution < 1.29 is 18.7 Å². The van der Waals surface area contributed by atoms with Gasteiger partial charge in [0.2, 0.25) is 0 Å². The number of anilines is 1. The van der Waals surface area contributed by atoms with E-state index in [0.29, 0.717) is 12.8 Å². The lowest BCUT2D eigenvalue weighted by atomic mass is 9.79. The van der Waals surface area contributed by atoms with E-state index in [-0.39, 0.29) is 11.7 Å². The first-order valence-corrected chi connectivity index (χ1v) is 8.39. The number of halogens is 1. The lowest BCUT2D eigenvalue weighted by molar-refractivity contribution is -0.153. The number of nitrogens with one attached hydrogen (secondary N) is 1. The predicted molar refractivity (Wildman–Crippen MR) is 92.6 cm³/mol. The standard InChI is InChI=1S/C20H20FNO3/c21-16-10-4-5-11-17(16)22-18(23)14-25-19(24)20(12-6-7-13-20)15-8-2-1-3-9-15/h1-5,8-11H,6-7,12-14H2,(H,22,23). The number of carbonyl (C=O) groups is 2. The van der Waals surface area contributed by atoms with Gasteiger partial charge in [0.25, 0.3) is 5.91 Å². The Labute approximate surface area is 146 Å². The molecule has 0 aromatic heterocycles. The molecule has 0 unspecified atom stereocenters. The molecule has 0 spiro atoms. The van der Waals surface area contributed by atoms with E-state index in [4.69, 9.17) is 4.74 Å². The Morgan fingerprint density at radius 1 is 1.00 bits per heavy atom. The summed E-state index contributed by atoms with van der Waals surface area (Å²) in [6, 6.07) is 15.4. The molecule has 0 heterocycles. The molecule has 0 radical (unpaired) electrons. The third kappa shape index (κ3) is 3.71. The Balaban J connectivity index is 1.65. The van der Waals surface area contributed by atoms with E-state index in [9.17, 15) is 14.0 Å². The van der Waals surface area contributed by atoms with Crippen molar-refractivity contribution in [3.05, 3.63) is 66.0 Å². The number of hydrogen-bond acceptors (Lipinski definition) is 3. The van der Waals surface area contributed by atoms with Gasteiger partial charge in [-0.05, 0) is 30.5 Å². The van der Waals surface area contributed by atoms with Crippen LogP contribution in [0.5, 0.6) is 0 Å². The average molecular weight is 341 g/mol. The van der Waals surface area contributed by atoms with Gasteiger partial charge in [-0.3, -0.25) is 9.59 Å². The van der Waals surface area contributed by atoms with E-state index in [1.165, 1.54) is 18.2 Å². The largest absolute Gasteiger partial charge is 0.455 e. The van der Waals surface area contributed by atoms with Crippen LogP contribution in [-0.4, -0.2) is 18.5 Å². The van der Waals surface area contributed by atoms with Crippen molar-refractivity contribution in [1.82, 2.24) is 0 Å². The van der Waals surface area contributed by atoms with E-state index in [1.807, 2.05) is 30.3 Å². The molecule has 3 rings (SSSR count). The average Bonchev–Trinajstić information content (AvgIpc) is 3.13. The summed E-state index contributed by atoms with van der Waals surface area (Å²) < 4.78 is 18.8. The maximum absolute atomic E-state index is 13.6. The van der Waals surface area contributed by atoms with Gasteiger partial charge in [0, 0.05) is 0 Å². The molecule has 130 valence electrons. The second kappa shape index (κ2) is 7.47. The summed E-state index contributed by atoms with van der Waals surface area (Å²) in [7, 11) is 0. The van der Waals surface area contributed by atoms with Gasteiger partial charge < -0.3 is 10.1 Å². The van der Waals surface area contributed by atoms with Crippen LogP contribution in [0.2, 0.25) is 0 Å². The Bertz CT molecular complexity index is 755. The molecule has 1 fully saturated rings. The summed E-state index contributed by atoms with van der Waals surface area (Å²) in [6.45, 7) is -0.429. The normalized spacial score (nSPS) is 15.6. The monoisotopic (exact) mass is 341 g/mol. The van der Waals surface area contributed by atoms with Gasteiger partial charge in [0.05, 0.1) is 11.1 Å². The molecule has 2 aromatic carbocycles. The van der Waals surface area contributed by atoms with Crippen molar-refractivity contribution in [3.63, 3.8) is 0 Å². The first-order valence-electron chi connectivity index (χ1n) is 8.39. The van der Waals surface area contributed by atoms with Crippen LogP contribution in [0.15, 0.2) is 54.6 Å². The van der Waals surface area contributed by atoms with Gasteiger partial charge >= 0.3 is 5.97 Å². The van der Waals surface area contributed by atoms with Crippen LogP contribution in [-0.2, 0) is 19.7 Å². The highest BCUT2D eigenvalue weighted by atomic mass is 19.1. The molecular formula is C20H20FNO3. The van der Waals surface area contributed by atoms with Crippen molar-refractivity contribution in [2.45, 2.75) is 31.1 Å². The van der Waals surface area contributed by atoms with Crippen LogP contribution >= 0.6 is 0 Å². The molecule has 2 aromatic rings. The Kier molecular flexibility index (Phi) is 5.12. The van der Waals surface area contributed by atoms with E-state index in [0.717, 1.165) is 18.4 Å². The van der Waals surface area contributed by atoms with Crippen LogP contribution < -0.4 is 5.32 Å². The number of benzene rings is 2. The topological polar surface area (TPSA) is 55.4 Å². The minimum Gasteiger partial charge on any atom is -0.455 e. The van der Waals surface area contributed by atoms with Crippen molar-refractivity contribution in [1.29, 1.82) is 0 Å². The van der Waals surface area contributed by atoms with Crippen molar-refractivity contribution >= 4 is 17.6 Å². The molecule has 1 saturated carbocycles. The lowest BCUT2D eigenvalue weighted by Crippen LogP contribution is -2.36. The van der Waals surface area contributed by atoms with Gasteiger partial charge in [-0.15, -0.1) is 0 Å². The molecule has 0 saturated heterocycles. The zero-order valence-corrected chi connectivity index (χ0v) is 13.8. The second-order valence-electron chi connectivity index (χ2n) is 6.26. The van der Waals surface area contributed by atoms with Crippen LogP contribution in [0.4, 0.5) is 10.1 Å². The summed E-state index contributed by atoms with van der Waals surface area (Å²) in [4.78, 5) is 24.7. The fraction of sp³-hybridized carbons (Fsp3) is 0.300. The molecule has 1 amide bonds. The van der Waals surface area contributed by atoms with E-state index in [2.05, 4.69) is 5.32 Å². The van der Waals surface area contributed by atoms with Crippen molar-refractivity contribution in [3.8, 4) is 0 Å². The van der Waals surface area contributed by atoms with E-state index in [1.54, 1.807) is 6.07 Å². The molecule has 1 aliphatic rings. The summed E-state index contributed by atoms with van der Waals surface area (Å²) in [5.74, 6) is -1.47. The third-order valence-electron chi connectivity index (χ3n) is 4.66. The molecule has 5 heteroatoms. The molecule has 0 aliphatic heterocycles. The number of para-hydroxylation sites is 1. The van der Waals surface area contributed by atoms with Crippen LogP contribution in [0.25, 0.3) is 0 Å². The maximum atomic E-state index is 13.6. The summed E-state index contributed by atoms with van der Waals surface area (Å²) in [5.41, 5.74) is 0.314. The Morgan fingerprint density at radius 2 is 1.64 bits per heavy atom. The van der Waals surface area contributed by atoms with Gasteiger partial charge in [-0.25, -0.2) is 4.39 Å². The van der Waals surface area contributed by atoms with Crippen LogP contribution in [0.1, 0.15) is 31.2 Å². The smallest absolute Gasteiger partial charge is 0.317 e. The number of esters is 1. The predicted octanol–water partition coefficient (Wildman–Crippen LogP) is 3.82. The molecule has 1 N–H and O–H groups in total. The minimum absolute atomic E-state index is 0.0715. The highest BCUT2D eigenvalue weighted by molar-refractivity contribution is 5.94. The Hall–Kier alpha value is -2.69. The first kappa shape index (κ1) is 17.1. The number of rotatable bonds is 5. The Morgan fingerprint density at radius 3 is 2.32 bits per heavy atom. The number of hydrogen-bond donors (Lipinski definition) is 1. The first-order chi connectivity index (χ1) is 12.1.